The van der Waals surface area contributed by atoms with Gasteiger partial charge in [-0.15, -0.1) is 0 Å². The Hall–Kier alpha value is -1.02. The second kappa shape index (κ2) is 5.60. The Morgan fingerprint density at radius 1 is 1.54 bits per heavy atom. The average Bonchev–Trinajstić information content (AvgIpc) is 2.50. The van der Waals surface area contributed by atoms with E-state index >= 15 is 0 Å². The molecule has 0 bridgehead atoms. The number of halogens is 1. The molecule has 0 aliphatic heterocycles. The first kappa shape index (κ1) is 12.0. The molecule has 1 rings (SSSR count). The van der Waals surface area contributed by atoms with Crippen LogP contribution in [0.15, 0.2) is 13.2 Å². The van der Waals surface area contributed by atoms with E-state index in [2.05, 4.69) is 23.4 Å². The van der Waals surface area contributed by atoms with Gasteiger partial charge in [0.2, 0.25) is 0 Å². The maximum Gasteiger partial charge on any atom is 0.0932 e. The van der Waals surface area contributed by atoms with Gasteiger partial charge < -0.3 is 0 Å². The van der Waals surface area contributed by atoms with Crippen molar-refractivity contribution < 1.29 is 0 Å². The van der Waals surface area contributed by atoms with Gasteiger partial charge in [0.1, 0.15) is 0 Å². The molecule has 1 aromatic rings. The van der Waals surface area contributed by atoms with E-state index in [0.29, 0.717) is 5.03 Å². The molecule has 13 heavy (non-hydrogen) atoms. The van der Waals surface area contributed by atoms with Crippen molar-refractivity contribution >= 4 is 22.7 Å². The van der Waals surface area contributed by atoms with Gasteiger partial charge in [0, 0.05) is 16.3 Å². The summed E-state index contributed by atoms with van der Waals surface area (Å²) in [6.45, 7) is 13.1. The van der Waals surface area contributed by atoms with E-state index in [1.807, 2.05) is 20.8 Å². The Bertz CT molecular complexity index is 300. The number of hydrogen-bond donors (Lipinski definition) is 1. The molecule has 1 aromatic heterocycles. The summed E-state index contributed by atoms with van der Waals surface area (Å²) in [6.07, 6.45) is 1.65. The topological polar surface area (TPSA) is 28.7 Å². The monoisotopic (exact) mass is 198 g/mol. The summed E-state index contributed by atoms with van der Waals surface area (Å²) in [4.78, 5) is 0. The number of aryl methyl sites for hydroxylation is 1. The van der Waals surface area contributed by atoms with Crippen LogP contribution in [0.25, 0.3) is 11.1 Å². The summed E-state index contributed by atoms with van der Waals surface area (Å²) in [6, 6.07) is 0. The van der Waals surface area contributed by atoms with Crippen LogP contribution < -0.4 is 0 Å². The van der Waals surface area contributed by atoms with E-state index in [4.69, 9.17) is 11.6 Å². The normalized spacial score (nSPS) is 8.62. The lowest BCUT2D eigenvalue weighted by Crippen LogP contribution is -1.79. The molecule has 0 atom stereocenters. The Balaban J connectivity index is 0.000000671. The predicted octanol–water partition coefficient (Wildman–Crippen LogP) is 3.60. The van der Waals surface area contributed by atoms with Crippen LogP contribution in [0, 0.1) is 6.92 Å². The molecular weight excluding hydrogens is 184 g/mol. The molecule has 0 unspecified atom stereocenters. The summed E-state index contributed by atoms with van der Waals surface area (Å²) in [5, 5.41) is 7.26. The van der Waals surface area contributed by atoms with E-state index in [1.54, 1.807) is 6.08 Å². The largest absolute Gasteiger partial charge is 0.282 e. The number of aromatic amines is 1. The van der Waals surface area contributed by atoms with E-state index in [-0.39, 0.29) is 0 Å². The maximum atomic E-state index is 5.73. The molecule has 1 heterocycles. The molecule has 2 nitrogen and oxygen atoms in total. The molecular formula is C10H15ClN2. The van der Waals surface area contributed by atoms with Gasteiger partial charge in [-0.05, 0) is 13.0 Å². The maximum absolute atomic E-state index is 5.73. The van der Waals surface area contributed by atoms with Crippen molar-refractivity contribution in [2.75, 3.05) is 0 Å². The smallest absolute Gasteiger partial charge is 0.0932 e. The summed E-state index contributed by atoms with van der Waals surface area (Å²) >= 11 is 5.73. The van der Waals surface area contributed by atoms with Gasteiger partial charge in [-0.2, -0.15) is 5.10 Å². The molecule has 72 valence electrons. The zero-order valence-electron chi connectivity index (χ0n) is 8.32. The lowest BCUT2D eigenvalue weighted by atomic mass is 10.2. The molecule has 0 saturated heterocycles. The highest BCUT2D eigenvalue weighted by molar-refractivity contribution is 6.48. The molecule has 0 amide bonds. The minimum atomic E-state index is 0.492. The molecule has 0 radical (unpaired) electrons. The molecule has 0 aliphatic carbocycles. The van der Waals surface area contributed by atoms with Gasteiger partial charge in [0.05, 0.1) is 5.69 Å². The van der Waals surface area contributed by atoms with Crippen molar-refractivity contribution in [2.24, 2.45) is 0 Å². The van der Waals surface area contributed by atoms with E-state index in [9.17, 15) is 0 Å². The number of hydrogen-bond acceptors (Lipinski definition) is 1. The van der Waals surface area contributed by atoms with Crippen molar-refractivity contribution in [3.05, 3.63) is 30.1 Å². The zero-order chi connectivity index (χ0) is 10.4. The van der Waals surface area contributed by atoms with Crippen LogP contribution in [0.5, 0.6) is 0 Å². The number of aromatic nitrogens is 2. The third kappa shape index (κ3) is 2.74. The molecule has 0 fully saturated rings. The lowest BCUT2D eigenvalue weighted by molar-refractivity contribution is 1.04. The summed E-state index contributed by atoms with van der Waals surface area (Å²) in [7, 11) is 0. The minimum absolute atomic E-state index is 0.492. The SMILES string of the molecule is C=Cc1n[nH]c(C)c1C(=C)Cl.CC. The molecule has 0 aliphatic rings. The van der Waals surface area contributed by atoms with Crippen molar-refractivity contribution in [1.82, 2.24) is 10.2 Å². The molecule has 0 aromatic carbocycles. The molecule has 0 spiro atoms. The van der Waals surface area contributed by atoms with Gasteiger partial charge in [-0.25, -0.2) is 0 Å². The van der Waals surface area contributed by atoms with Crippen molar-refractivity contribution in [2.45, 2.75) is 20.8 Å². The fraction of sp³-hybridized carbons (Fsp3) is 0.300. The van der Waals surface area contributed by atoms with Gasteiger partial charge in [0.15, 0.2) is 0 Å². The first-order valence-corrected chi connectivity index (χ1v) is 4.56. The van der Waals surface area contributed by atoms with Crippen LogP contribution >= 0.6 is 11.6 Å². The summed E-state index contributed by atoms with van der Waals surface area (Å²) in [5.41, 5.74) is 2.52. The first-order valence-electron chi connectivity index (χ1n) is 4.19. The highest BCUT2D eigenvalue weighted by Gasteiger charge is 2.08. The zero-order valence-corrected chi connectivity index (χ0v) is 9.07. The van der Waals surface area contributed by atoms with E-state index < -0.39 is 0 Å². The fourth-order valence-corrected chi connectivity index (χ4v) is 1.18. The van der Waals surface area contributed by atoms with Gasteiger partial charge >= 0.3 is 0 Å². The third-order valence-corrected chi connectivity index (χ3v) is 1.63. The highest BCUT2D eigenvalue weighted by Crippen LogP contribution is 2.23. The van der Waals surface area contributed by atoms with E-state index in [0.717, 1.165) is 17.0 Å². The first-order chi connectivity index (χ1) is 6.16. The second-order valence-corrected chi connectivity index (χ2v) is 2.67. The van der Waals surface area contributed by atoms with Crippen LogP contribution in [0.2, 0.25) is 0 Å². The van der Waals surface area contributed by atoms with Gasteiger partial charge in [-0.1, -0.05) is 38.6 Å². The lowest BCUT2D eigenvalue weighted by Gasteiger charge is -1.94. The minimum Gasteiger partial charge on any atom is -0.282 e. The predicted molar refractivity (Wildman–Crippen MR) is 59.7 cm³/mol. The molecule has 0 saturated carbocycles. The van der Waals surface area contributed by atoms with Crippen LogP contribution in [-0.4, -0.2) is 10.2 Å². The quantitative estimate of drug-likeness (QED) is 0.773. The Labute approximate surface area is 84.3 Å². The van der Waals surface area contributed by atoms with Crippen LogP contribution in [0.1, 0.15) is 30.8 Å². The Kier molecular flexibility index (Phi) is 5.16. The van der Waals surface area contributed by atoms with Gasteiger partial charge in [0.25, 0.3) is 0 Å². The van der Waals surface area contributed by atoms with E-state index in [1.165, 1.54) is 0 Å². The van der Waals surface area contributed by atoms with Crippen LogP contribution in [0.4, 0.5) is 0 Å². The second-order valence-electron chi connectivity index (χ2n) is 2.22. The average molecular weight is 199 g/mol. The van der Waals surface area contributed by atoms with Crippen molar-refractivity contribution in [3.63, 3.8) is 0 Å². The standard InChI is InChI=1S/C8H9ClN2.C2H6/c1-4-7-8(5(2)9)6(3)10-11-7;1-2/h4H,1-2H2,3H3,(H,10,11);1-2H3. The number of H-pyrrole nitrogens is 1. The fourth-order valence-electron chi connectivity index (χ4n) is 0.938. The van der Waals surface area contributed by atoms with Crippen LogP contribution in [-0.2, 0) is 0 Å². The highest BCUT2D eigenvalue weighted by atomic mass is 35.5. The molecule has 1 N–H and O–H groups in total. The van der Waals surface area contributed by atoms with Crippen molar-refractivity contribution in [3.8, 4) is 0 Å². The number of rotatable bonds is 2. The Morgan fingerprint density at radius 2 is 2.08 bits per heavy atom. The number of nitrogens with zero attached hydrogens (tertiary/aromatic N) is 1. The Morgan fingerprint density at radius 3 is 2.38 bits per heavy atom. The van der Waals surface area contributed by atoms with Gasteiger partial charge in [-0.3, -0.25) is 5.10 Å². The summed E-state index contributed by atoms with van der Waals surface area (Å²) < 4.78 is 0. The third-order valence-electron chi connectivity index (χ3n) is 1.44. The van der Waals surface area contributed by atoms with Crippen LogP contribution in [0.3, 0.4) is 0 Å². The summed E-state index contributed by atoms with van der Waals surface area (Å²) in [5.74, 6) is 0. The van der Waals surface area contributed by atoms with Crippen molar-refractivity contribution in [1.29, 1.82) is 0 Å². The number of nitrogens with one attached hydrogen (secondary N) is 1. The molecule has 3 heteroatoms.